The van der Waals surface area contributed by atoms with Crippen LogP contribution >= 0.6 is 0 Å². The normalized spacial score (nSPS) is 14.1. The minimum Gasteiger partial charge on any atom is -0.495 e. The largest absolute Gasteiger partial charge is 0.495 e. The maximum atomic E-state index is 11.4. The Kier molecular flexibility index (Phi) is 3.71. The van der Waals surface area contributed by atoms with E-state index in [4.69, 9.17) is 16.6 Å². The van der Waals surface area contributed by atoms with E-state index < -0.39 is 29.9 Å². The summed E-state index contributed by atoms with van der Waals surface area (Å²) in [6, 6.07) is -1.30. The molecule has 0 aliphatic rings. The van der Waals surface area contributed by atoms with Gasteiger partial charge in [-0.3, -0.25) is 4.98 Å². The van der Waals surface area contributed by atoms with Crippen LogP contribution in [0.15, 0.2) is 6.07 Å². The van der Waals surface area contributed by atoms with Gasteiger partial charge in [-0.15, -0.1) is 0 Å². The number of hydrogen-bond acceptors (Lipinski definition) is 7. The molecule has 1 rings (SSSR count). The number of rotatable bonds is 3. The van der Waals surface area contributed by atoms with Crippen LogP contribution in [0.4, 0.5) is 0 Å². The molecular formula is C9H13N3O5. The fraction of sp³-hybridized carbons (Fsp3) is 0.333. The molecule has 8 nitrogen and oxygen atoms in total. The summed E-state index contributed by atoms with van der Waals surface area (Å²) in [6.07, 6.45) is 0. The molecule has 17 heavy (non-hydrogen) atoms. The molecule has 0 amide bonds. The third-order valence-corrected chi connectivity index (χ3v) is 1.97. The molecule has 2 atom stereocenters. The van der Waals surface area contributed by atoms with E-state index >= 15 is 0 Å². The number of aromatic nitrogens is 1. The summed E-state index contributed by atoms with van der Waals surface area (Å²) >= 11 is 0. The second kappa shape index (κ2) is 4.85. The molecule has 7 N–H and O–H groups in total. The summed E-state index contributed by atoms with van der Waals surface area (Å²) in [5.41, 5.74) is 10.6. The zero-order chi connectivity index (χ0) is 13.2. The van der Waals surface area contributed by atoms with E-state index in [2.05, 4.69) is 9.72 Å². The molecule has 1 aromatic rings. The van der Waals surface area contributed by atoms with Crippen molar-refractivity contribution >= 4 is 11.9 Å². The standard InChI is InChI=1S/C9H13N3O5/c1-3(10)8(15)17-9(16)6(11)4-2-5(13)12-7(4)14/h2-3,6,12-14H,10-11H2,1H3/t3-,6?/m0/s1. The second-order valence-corrected chi connectivity index (χ2v) is 3.47. The number of nitrogens with one attached hydrogen (secondary N) is 1. The van der Waals surface area contributed by atoms with Crippen LogP contribution in [0.1, 0.15) is 18.5 Å². The highest BCUT2D eigenvalue weighted by atomic mass is 16.6. The highest BCUT2D eigenvalue weighted by Crippen LogP contribution is 2.27. The smallest absolute Gasteiger partial charge is 0.335 e. The number of esters is 2. The molecule has 94 valence electrons. The van der Waals surface area contributed by atoms with E-state index in [0.717, 1.165) is 6.07 Å². The van der Waals surface area contributed by atoms with Gasteiger partial charge in [-0.05, 0) is 6.92 Å². The lowest BCUT2D eigenvalue weighted by atomic mass is 10.1. The molecule has 0 spiro atoms. The Morgan fingerprint density at radius 3 is 2.35 bits per heavy atom. The predicted octanol–water partition coefficient (Wildman–Crippen LogP) is -1.16. The van der Waals surface area contributed by atoms with Crippen molar-refractivity contribution in [3.05, 3.63) is 11.6 Å². The maximum absolute atomic E-state index is 11.4. The molecular weight excluding hydrogens is 230 g/mol. The van der Waals surface area contributed by atoms with Crippen LogP contribution in [-0.4, -0.2) is 33.2 Å². The summed E-state index contributed by atoms with van der Waals surface area (Å²) < 4.78 is 4.36. The Bertz CT molecular complexity index is 440. The Morgan fingerprint density at radius 2 is 1.94 bits per heavy atom. The predicted molar refractivity (Wildman–Crippen MR) is 55.8 cm³/mol. The summed E-state index contributed by atoms with van der Waals surface area (Å²) in [5, 5.41) is 18.3. The average Bonchev–Trinajstić information content (AvgIpc) is 2.56. The first kappa shape index (κ1) is 13.0. The van der Waals surface area contributed by atoms with Crippen LogP contribution in [0, 0.1) is 0 Å². The van der Waals surface area contributed by atoms with Crippen molar-refractivity contribution in [2.45, 2.75) is 19.0 Å². The first-order valence-electron chi connectivity index (χ1n) is 4.70. The fourth-order valence-corrected chi connectivity index (χ4v) is 1.06. The Labute approximate surface area is 96.2 Å². The van der Waals surface area contributed by atoms with Gasteiger partial charge in [0.05, 0.1) is 0 Å². The molecule has 0 aliphatic heterocycles. The number of aromatic hydroxyl groups is 2. The number of nitrogens with two attached hydrogens (primary N) is 2. The molecule has 8 heteroatoms. The Balaban J connectivity index is 2.77. The average molecular weight is 243 g/mol. The highest BCUT2D eigenvalue weighted by Gasteiger charge is 2.26. The van der Waals surface area contributed by atoms with E-state index in [1.54, 1.807) is 0 Å². The third kappa shape index (κ3) is 2.95. The topological polar surface area (TPSA) is 152 Å². The molecule has 1 aromatic heterocycles. The number of carbonyl (C=O) groups is 2. The van der Waals surface area contributed by atoms with Crippen LogP contribution in [-0.2, 0) is 14.3 Å². The van der Waals surface area contributed by atoms with Crippen molar-refractivity contribution in [3.63, 3.8) is 0 Å². The minimum atomic E-state index is -1.39. The van der Waals surface area contributed by atoms with Crippen LogP contribution in [0.3, 0.4) is 0 Å². The Hall–Kier alpha value is -2.06. The number of carbonyl (C=O) groups excluding carboxylic acids is 2. The first-order chi connectivity index (χ1) is 7.82. The SMILES string of the molecule is C[C@H](N)C(=O)OC(=O)C(N)c1cc(O)[nH]c1O. The maximum Gasteiger partial charge on any atom is 0.335 e. The molecule has 0 aliphatic carbocycles. The molecule has 0 bridgehead atoms. The quantitative estimate of drug-likeness (QED) is 0.331. The molecule has 0 aromatic carbocycles. The minimum absolute atomic E-state index is 0.0787. The molecule has 0 radical (unpaired) electrons. The number of H-pyrrole nitrogens is 1. The third-order valence-electron chi connectivity index (χ3n) is 1.97. The van der Waals surface area contributed by atoms with Crippen molar-refractivity contribution in [3.8, 4) is 11.8 Å². The number of ether oxygens (including phenoxy) is 1. The van der Waals surface area contributed by atoms with Crippen molar-refractivity contribution in [1.29, 1.82) is 0 Å². The Morgan fingerprint density at radius 1 is 1.35 bits per heavy atom. The van der Waals surface area contributed by atoms with Gasteiger partial charge in [-0.1, -0.05) is 0 Å². The van der Waals surface area contributed by atoms with E-state index in [1.165, 1.54) is 6.92 Å². The van der Waals surface area contributed by atoms with Crippen molar-refractivity contribution in [2.24, 2.45) is 11.5 Å². The van der Waals surface area contributed by atoms with Gasteiger partial charge in [0.2, 0.25) is 0 Å². The second-order valence-electron chi connectivity index (χ2n) is 3.47. The molecule has 1 heterocycles. The molecule has 1 unspecified atom stereocenters. The first-order valence-corrected chi connectivity index (χ1v) is 4.70. The van der Waals surface area contributed by atoms with Crippen molar-refractivity contribution in [2.75, 3.05) is 0 Å². The lowest BCUT2D eigenvalue weighted by Crippen LogP contribution is -2.34. The van der Waals surface area contributed by atoms with Gasteiger partial charge in [0.15, 0.2) is 11.8 Å². The number of aromatic amines is 1. The van der Waals surface area contributed by atoms with Gasteiger partial charge in [0, 0.05) is 11.6 Å². The monoisotopic (exact) mass is 243 g/mol. The van der Waals surface area contributed by atoms with E-state index in [1.807, 2.05) is 0 Å². The van der Waals surface area contributed by atoms with Crippen LogP contribution in [0.5, 0.6) is 11.8 Å². The summed E-state index contributed by atoms with van der Waals surface area (Å²) in [7, 11) is 0. The van der Waals surface area contributed by atoms with E-state index in [-0.39, 0.29) is 11.4 Å². The van der Waals surface area contributed by atoms with Gasteiger partial charge >= 0.3 is 11.9 Å². The van der Waals surface area contributed by atoms with Gasteiger partial charge in [-0.2, -0.15) is 0 Å². The van der Waals surface area contributed by atoms with Gasteiger partial charge in [0.1, 0.15) is 12.1 Å². The van der Waals surface area contributed by atoms with E-state index in [9.17, 15) is 14.7 Å². The van der Waals surface area contributed by atoms with Gasteiger partial charge in [0.25, 0.3) is 0 Å². The summed E-state index contributed by atoms with van der Waals surface area (Å²) in [6.45, 7) is 1.35. The zero-order valence-electron chi connectivity index (χ0n) is 9.01. The molecule has 0 saturated heterocycles. The zero-order valence-corrected chi connectivity index (χ0v) is 9.01. The van der Waals surface area contributed by atoms with Crippen molar-refractivity contribution < 1.29 is 24.5 Å². The van der Waals surface area contributed by atoms with Crippen LogP contribution in [0.2, 0.25) is 0 Å². The van der Waals surface area contributed by atoms with Crippen molar-refractivity contribution in [1.82, 2.24) is 4.98 Å². The highest BCUT2D eigenvalue weighted by molar-refractivity contribution is 5.91. The van der Waals surface area contributed by atoms with Crippen LogP contribution < -0.4 is 11.5 Å². The lowest BCUT2D eigenvalue weighted by Gasteiger charge is -2.10. The summed E-state index contributed by atoms with van der Waals surface area (Å²) in [5.74, 6) is -2.83. The van der Waals surface area contributed by atoms with Gasteiger partial charge in [-0.25, -0.2) is 9.59 Å². The summed E-state index contributed by atoms with van der Waals surface area (Å²) in [4.78, 5) is 24.6. The molecule has 0 saturated carbocycles. The molecule has 0 fully saturated rings. The van der Waals surface area contributed by atoms with Gasteiger partial charge < -0.3 is 26.4 Å². The lowest BCUT2D eigenvalue weighted by molar-refractivity contribution is -0.161. The fourth-order valence-electron chi connectivity index (χ4n) is 1.06. The van der Waals surface area contributed by atoms with Crippen LogP contribution in [0.25, 0.3) is 0 Å². The van der Waals surface area contributed by atoms with E-state index in [0.29, 0.717) is 0 Å². The number of hydrogen-bond donors (Lipinski definition) is 5.